The molecule has 3 nitrogen and oxygen atoms in total. The normalized spacial score (nSPS) is 11.2. The summed E-state index contributed by atoms with van der Waals surface area (Å²) in [5.41, 5.74) is 2.06. The van der Waals surface area contributed by atoms with Crippen LogP contribution in [0.2, 0.25) is 0 Å². The molecule has 0 unspecified atom stereocenters. The number of aliphatic hydroxyl groups is 1. The molecule has 25 heavy (non-hydrogen) atoms. The molecule has 0 saturated carbocycles. The van der Waals surface area contributed by atoms with Crippen LogP contribution in [0.5, 0.6) is 11.5 Å². The third-order valence-corrected chi connectivity index (χ3v) is 4.41. The average molecular weight is 334 g/mol. The highest BCUT2D eigenvalue weighted by molar-refractivity contribution is 5.50. The molecule has 0 spiro atoms. The van der Waals surface area contributed by atoms with Gasteiger partial charge in [0.2, 0.25) is 0 Å². The summed E-state index contributed by atoms with van der Waals surface area (Å²) in [5.74, 6) is 1.40. The summed E-state index contributed by atoms with van der Waals surface area (Å²) in [6.45, 7) is 2.01. The summed E-state index contributed by atoms with van der Waals surface area (Å²) in [4.78, 5) is 0. The highest BCUT2D eigenvalue weighted by Crippen LogP contribution is 2.39. The van der Waals surface area contributed by atoms with Crippen molar-refractivity contribution in [3.8, 4) is 11.5 Å². The Labute approximate surface area is 148 Å². The predicted octanol–water partition coefficient (Wildman–Crippen LogP) is 4.30. The van der Waals surface area contributed by atoms with Gasteiger partial charge < -0.3 is 14.6 Å². The molecule has 0 aliphatic carbocycles. The van der Waals surface area contributed by atoms with E-state index in [-0.39, 0.29) is 0 Å². The monoisotopic (exact) mass is 334 g/mol. The van der Waals surface area contributed by atoms with Crippen LogP contribution >= 0.6 is 0 Å². The van der Waals surface area contributed by atoms with Crippen molar-refractivity contribution in [1.29, 1.82) is 0 Å². The van der Waals surface area contributed by atoms with Crippen LogP contribution in [-0.4, -0.2) is 19.3 Å². The molecular weight excluding hydrogens is 312 g/mol. The number of methoxy groups -OCH3 is 2. The Balaban J connectivity index is 2.27. The maximum Gasteiger partial charge on any atom is 0.140 e. The molecule has 3 aromatic rings. The zero-order valence-electron chi connectivity index (χ0n) is 14.7. The molecule has 0 bridgehead atoms. The average Bonchev–Trinajstić information content (AvgIpc) is 2.67. The summed E-state index contributed by atoms with van der Waals surface area (Å²) in [5, 5.41) is 11.9. The highest BCUT2D eigenvalue weighted by atomic mass is 16.5. The first-order valence-corrected chi connectivity index (χ1v) is 8.16. The zero-order chi connectivity index (χ0) is 17.9. The van der Waals surface area contributed by atoms with Gasteiger partial charge in [0.25, 0.3) is 0 Å². The van der Waals surface area contributed by atoms with Crippen molar-refractivity contribution in [2.45, 2.75) is 12.5 Å². The second kappa shape index (κ2) is 6.99. The van der Waals surface area contributed by atoms with Crippen molar-refractivity contribution < 1.29 is 14.6 Å². The van der Waals surface area contributed by atoms with Gasteiger partial charge in [-0.15, -0.1) is 0 Å². The fourth-order valence-electron chi connectivity index (χ4n) is 3.07. The third kappa shape index (κ3) is 3.24. The second-order valence-electron chi connectivity index (χ2n) is 6.04. The Hall–Kier alpha value is -2.78. The van der Waals surface area contributed by atoms with Crippen LogP contribution in [0.25, 0.3) is 0 Å². The first-order chi connectivity index (χ1) is 12.1. The molecule has 0 aliphatic rings. The second-order valence-corrected chi connectivity index (χ2v) is 6.04. The van der Waals surface area contributed by atoms with Crippen LogP contribution in [0.4, 0.5) is 0 Å². The molecule has 0 radical (unpaired) electrons. The molecule has 128 valence electrons. The van der Waals surface area contributed by atoms with Crippen molar-refractivity contribution >= 4 is 0 Å². The van der Waals surface area contributed by atoms with E-state index in [4.69, 9.17) is 9.47 Å². The summed E-state index contributed by atoms with van der Waals surface area (Å²) in [7, 11) is 3.24. The van der Waals surface area contributed by atoms with E-state index in [1.807, 2.05) is 79.7 Å². The lowest BCUT2D eigenvalue weighted by Crippen LogP contribution is -2.29. The van der Waals surface area contributed by atoms with Gasteiger partial charge in [-0.05, 0) is 47.9 Å². The SMILES string of the molecule is COc1cccc(C(O)(c2cccc(C)c2)c2cccc(OC)c2)c1. The molecule has 0 amide bonds. The Morgan fingerprint density at radius 1 is 0.680 bits per heavy atom. The maximum absolute atomic E-state index is 11.9. The van der Waals surface area contributed by atoms with E-state index in [0.29, 0.717) is 11.5 Å². The number of rotatable bonds is 5. The van der Waals surface area contributed by atoms with Gasteiger partial charge in [0.1, 0.15) is 17.1 Å². The van der Waals surface area contributed by atoms with Crippen molar-refractivity contribution in [3.63, 3.8) is 0 Å². The number of aryl methyl sites for hydroxylation is 1. The minimum absolute atomic E-state index is 0.700. The first kappa shape index (κ1) is 17.1. The van der Waals surface area contributed by atoms with Crippen LogP contribution in [0.1, 0.15) is 22.3 Å². The molecule has 3 rings (SSSR count). The number of benzene rings is 3. The van der Waals surface area contributed by atoms with Gasteiger partial charge in [-0.2, -0.15) is 0 Å². The molecule has 0 heterocycles. The number of hydrogen-bond donors (Lipinski definition) is 1. The standard InChI is InChI=1S/C22H22O3/c1-16-7-4-8-17(13-16)22(23,18-9-5-11-20(14-18)24-2)19-10-6-12-21(15-19)25-3/h4-15,23H,1-3H3. The topological polar surface area (TPSA) is 38.7 Å². The van der Waals surface area contributed by atoms with E-state index in [2.05, 4.69) is 0 Å². The van der Waals surface area contributed by atoms with Crippen LogP contribution in [0.15, 0.2) is 72.8 Å². The van der Waals surface area contributed by atoms with E-state index < -0.39 is 5.60 Å². The minimum atomic E-state index is -1.31. The van der Waals surface area contributed by atoms with Gasteiger partial charge in [0, 0.05) is 0 Å². The van der Waals surface area contributed by atoms with Crippen LogP contribution < -0.4 is 9.47 Å². The lowest BCUT2D eigenvalue weighted by Gasteiger charge is -2.31. The fraction of sp³-hybridized carbons (Fsp3) is 0.182. The van der Waals surface area contributed by atoms with Crippen LogP contribution in [-0.2, 0) is 5.60 Å². The van der Waals surface area contributed by atoms with Gasteiger partial charge in [-0.3, -0.25) is 0 Å². The van der Waals surface area contributed by atoms with Crippen LogP contribution in [0, 0.1) is 6.92 Å². The fourth-order valence-corrected chi connectivity index (χ4v) is 3.07. The Bertz CT molecular complexity index is 823. The Morgan fingerprint density at radius 2 is 1.12 bits per heavy atom. The molecule has 0 aromatic heterocycles. The van der Waals surface area contributed by atoms with Gasteiger partial charge >= 0.3 is 0 Å². The van der Waals surface area contributed by atoms with Gasteiger partial charge in [0.15, 0.2) is 0 Å². The zero-order valence-corrected chi connectivity index (χ0v) is 14.7. The predicted molar refractivity (Wildman–Crippen MR) is 99.3 cm³/mol. The minimum Gasteiger partial charge on any atom is -0.497 e. The first-order valence-electron chi connectivity index (χ1n) is 8.16. The molecular formula is C22H22O3. The summed E-state index contributed by atoms with van der Waals surface area (Å²) < 4.78 is 10.7. The molecule has 3 aromatic carbocycles. The third-order valence-electron chi connectivity index (χ3n) is 4.41. The van der Waals surface area contributed by atoms with Crippen molar-refractivity contribution in [2.75, 3.05) is 14.2 Å². The van der Waals surface area contributed by atoms with Gasteiger partial charge in [-0.1, -0.05) is 54.1 Å². The molecule has 1 N–H and O–H groups in total. The highest BCUT2D eigenvalue weighted by Gasteiger charge is 2.34. The van der Waals surface area contributed by atoms with Gasteiger partial charge in [0.05, 0.1) is 14.2 Å². The summed E-state index contributed by atoms with van der Waals surface area (Å²) in [6, 6.07) is 22.9. The Morgan fingerprint density at radius 3 is 1.56 bits per heavy atom. The van der Waals surface area contributed by atoms with E-state index >= 15 is 0 Å². The molecule has 0 fully saturated rings. The molecule has 0 saturated heterocycles. The molecule has 3 heteroatoms. The number of ether oxygens (including phenoxy) is 2. The van der Waals surface area contributed by atoms with E-state index in [0.717, 1.165) is 22.3 Å². The summed E-state index contributed by atoms with van der Waals surface area (Å²) in [6.07, 6.45) is 0. The van der Waals surface area contributed by atoms with Crippen LogP contribution in [0.3, 0.4) is 0 Å². The van der Waals surface area contributed by atoms with E-state index in [1.54, 1.807) is 14.2 Å². The van der Waals surface area contributed by atoms with Crippen molar-refractivity contribution in [3.05, 3.63) is 95.1 Å². The van der Waals surface area contributed by atoms with Crippen molar-refractivity contribution in [1.82, 2.24) is 0 Å². The number of hydrogen-bond acceptors (Lipinski definition) is 3. The summed E-state index contributed by atoms with van der Waals surface area (Å²) >= 11 is 0. The quantitative estimate of drug-likeness (QED) is 0.707. The molecule has 0 atom stereocenters. The van der Waals surface area contributed by atoms with Crippen molar-refractivity contribution in [2.24, 2.45) is 0 Å². The largest absolute Gasteiger partial charge is 0.497 e. The maximum atomic E-state index is 11.9. The smallest absolute Gasteiger partial charge is 0.140 e. The van der Waals surface area contributed by atoms with E-state index in [1.165, 1.54) is 0 Å². The lowest BCUT2D eigenvalue weighted by molar-refractivity contribution is 0.125. The lowest BCUT2D eigenvalue weighted by atomic mass is 9.80. The Kier molecular flexibility index (Phi) is 4.77. The van der Waals surface area contributed by atoms with E-state index in [9.17, 15) is 5.11 Å². The van der Waals surface area contributed by atoms with Gasteiger partial charge in [-0.25, -0.2) is 0 Å². The molecule has 0 aliphatic heterocycles.